The van der Waals surface area contributed by atoms with Crippen molar-refractivity contribution in [3.05, 3.63) is 12.2 Å². The molecule has 1 N–H and O–H groups in total. The lowest BCUT2D eigenvalue weighted by Crippen LogP contribution is -2.45. The number of hydrogen-bond acceptors (Lipinski definition) is 4. The van der Waals surface area contributed by atoms with Crippen LogP contribution < -0.4 is 5.32 Å². The maximum Gasteiger partial charge on any atom is 0.147 e. The number of hydrogen-bond donors (Lipinski definition) is 1. The van der Waals surface area contributed by atoms with Gasteiger partial charge in [-0.2, -0.15) is 0 Å². The molecule has 5 heteroatoms. The van der Waals surface area contributed by atoms with E-state index < -0.39 is 0 Å². The molecule has 0 saturated heterocycles. The van der Waals surface area contributed by atoms with E-state index in [1.54, 1.807) is 0 Å². The van der Waals surface area contributed by atoms with Gasteiger partial charge in [0.1, 0.15) is 12.2 Å². The van der Waals surface area contributed by atoms with Gasteiger partial charge in [-0.25, -0.2) is 0 Å². The summed E-state index contributed by atoms with van der Waals surface area (Å²) in [7, 11) is 2.06. The van der Waals surface area contributed by atoms with Crippen molar-refractivity contribution < 1.29 is 0 Å². The second kappa shape index (κ2) is 5.60. The first-order chi connectivity index (χ1) is 8.24. The third-order valence-electron chi connectivity index (χ3n) is 3.87. The molecule has 0 amide bonds. The van der Waals surface area contributed by atoms with Crippen LogP contribution in [0.4, 0.5) is 0 Å². The minimum absolute atomic E-state index is 0.564. The van der Waals surface area contributed by atoms with Crippen molar-refractivity contribution in [3.63, 3.8) is 0 Å². The van der Waals surface area contributed by atoms with Crippen LogP contribution in [-0.2, 0) is 13.1 Å². The van der Waals surface area contributed by atoms with E-state index in [2.05, 4.69) is 45.9 Å². The Bertz CT molecular complexity index is 348. The average molecular weight is 237 g/mol. The molecular weight excluding hydrogens is 214 g/mol. The standard InChI is InChI=1S/C12H23N5/c1-4-10(2)11(13-3)7-16-5-6-17-9-14-15-12(17)8-16/h9-11,13H,4-8H2,1-3H3. The van der Waals surface area contributed by atoms with E-state index in [4.69, 9.17) is 0 Å². The monoisotopic (exact) mass is 237 g/mol. The molecule has 2 atom stereocenters. The fraction of sp³-hybridized carbons (Fsp3) is 0.833. The fourth-order valence-corrected chi connectivity index (χ4v) is 2.39. The highest BCUT2D eigenvalue weighted by Gasteiger charge is 2.22. The zero-order valence-corrected chi connectivity index (χ0v) is 11.1. The van der Waals surface area contributed by atoms with Crippen LogP contribution in [0.2, 0.25) is 0 Å². The van der Waals surface area contributed by atoms with Crippen LogP contribution in [-0.4, -0.2) is 45.8 Å². The van der Waals surface area contributed by atoms with Crippen molar-refractivity contribution in [1.82, 2.24) is 25.0 Å². The van der Waals surface area contributed by atoms with E-state index in [1.165, 1.54) is 6.42 Å². The van der Waals surface area contributed by atoms with E-state index in [-0.39, 0.29) is 0 Å². The molecule has 1 aliphatic rings. The van der Waals surface area contributed by atoms with Crippen molar-refractivity contribution in [1.29, 1.82) is 0 Å². The minimum atomic E-state index is 0.564. The smallest absolute Gasteiger partial charge is 0.147 e. The summed E-state index contributed by atoms with van der Waals surface area (Å²) < 4.78 is 2.15. The Morgan fingerprint density at radius 2 is 2.29 bits per heavy atom. The fourth-order valence-electron chi connectivity index (χ4n) is 2.39. The van der Waals surface area contributed by atoms with Crippen LogP contribution in [0.3, 0.4) is 0 Å². The Hall–Kier alpha value is -0.940. The van der Waals surface area contributed by atoms with Crippen LogP contribution in [0.1, 0.15) is 26.1 Å². The Labute approximate surface area is 103 Å². The molecule has 17 heavy (non-hydrogen) atoms. The molecule has 0 saturated carbocycles. The summed E-state index contributed by atoms with van der Waals surface area (Å²) in [5.74, 6) is 1.80. The molecule has 1 aromatic heterocycles. The van der Waals surface area contributed by atoms with Crippen LogP contribution >= 0.6 is 0 Å². The summed E-state index contributed by atoms with van der Waals surface area (Å²) in [6.07, 6.45) is 3.05. The molecule has 0 spiro atoms. The summed E-state index contributed by atoms with van der Waals surface area (Å²) >= 11 is 0. The predicted octanol–water partition coefficient (Wildman–Crippen LogP) is 0.728. The SMILES string of the molecule is CCC(C)C(CN1CCn2cnnc2C1)NC. The predicted molar refractivity (Wildman–Crippen MR) is 67.6 cm³/mol. The van der Waals surface area contributed by atoms with Gasteiger partial charge < -0.3 is 9.88 Å². The highest BCUT2D eigenvalue weighted by Crippen LogP contribution is 2.13. The summed E-state index contributed by atoms with van der Waals surface area (Å²) in [5.41, 5.74) is 0. The first-order valence-electron chi connectivity index (χ1n) is 6.51. The molecule has 5 nitrogen and oxygen atoms in total. The lowest BCUT2D eigenvalue weighted by Gasteiger charge is -2.32. The van der Waals surface area contributed by atoms with Gasteiger partial charge >= 0.3 is 0 Å². The lowest BCUT2D eigenvalue weighted by atomic mass is 9.98. The van der Waals surface area contributed by atoms with Crippen molar-refractivity contribution in [2.75, 3.05) is 20.1 Å². The topological polar surface area (TPSA) is 46.0 Å². The molecule has 96 valence electrons. The number of nitrogens with one attached hydrogen (secondary N) is 1. The molecule has 1 aliphatic heterocycles. The lowest BCUT2D eigenvalue weighted by molar-refractivity contribution is 0.177. The minimum Gasteiger partial charge on any atom is -0.315 e. The van der Waals surface area contributed by atoms with E-state index in [0.29, 0.717) is 12.0 Å². The molecule has 2 unspecified atom stereocenters. The van der Waals surface area contributed by atoms with Gasteiger partial charge in [0.05, 0.1) is 6.54 Å². The van der Waals surface area contributed by atoms with E-state index in [9.17, 15) is 0 Å². The molecule has 2 rings (SSSR count). The van der Waals surface area contributed by atoms with Crippen molar-refractivity contribution in [2.45, 2.75) is 39.4 Å². The normalized spacial score (nSPS) is 19.9. The van der Waals surface area contributed by atoms with Gasteiger partial charge in [-0.1, -0.05) is 20.3 Å². The van der Waals surface area contributed by atoms with E-state index in [1.807, 2.05) is 6.33 Å². The Kier molecular flexibility index (Phi) is 4.12. The number of fused-ring (bicyclic) bond motifs is 1. The summed E-state index contributed by atoms with van der Waals surface area (Å²) in [5, 5.41) is 11.5. The maximum absolute atomic E-state index is 4.16. The Morgan fingerprint density at radius 1 is 1.47 bits per heavy atom. The third kappa shape index (κ3) is 2.84. The first-order valence-corrected chi connectivity index (χ1v) is 6.51. The molecule has 1 aromatic rings. The van der Waals surface area contributed by atoms with Gasteiger partial charge in [0.15, 0.2) is 0 Å². The quantitative estimate of drug-likeness (QED) is 0.820. The largest absolute Gasteiger partial charge is 0.315 e. The second-order valence-corrected chi connectivity index (χ2v) is 4.96. The third-order valence-corrected chi connectivity index (χ3v) is 3.87. The zero-order valence-electron chi connectivity index (χ0n) is 11.1. The van der Waals surface area contributed by atoms with Gasteiger partial charge in [-0.15, -0.1) is 10.2 Å². The average Bonchev–Trinajstić information content (AvgIpc) is 2.82. The number of likely N-dealkylation sites (N-methyl/N-ethyl adjacent to an activating group) is 1. The second-order valence-electron chi connectivity index (χ2n) is 4.96. The number of aromatic nitrogens is 3. The van der Waals surface area contributed by atoms with Gasteiger partial charge in [-0.05, 0) is 13.0 Å². The highest BCUT2D eigenvalue weighted by atomic mass is 15.3. The van der Waals surface area contributed by atoms with Gasteiger partial charge in [0.25, 0.3) is 0 Å². The molecule has 0 fully saturated rings. The van der Waals surface area contributed by atoms with Crippen LogP contribution in [0.15, 0.2) is 6.33 Å². The first kappa shape index (κ1) is 12.5. The van der Waals surface area contributed by atoms with E-state index in [0.717, 1.165) is 32.0 Å². The molecule has 2 heterocycles. The van der Waals surface area contributed by atoms with Crippen molar-refractivity contribution in [2.24, 2.45) is 5.92 Å². The molecular formula is C12H23N5. The van der Waals surface area contributed by atoms with Gasteiger partial charge in [0.2, 0.25) is 0 Å². The molecule has 0 aromatic carbocycles. The summed E-state index contributed by atoms with van der Waals surface area (Å²) in [6, 6.07) is 0.564. The Balaban J connectivity index is 1.92. The van der Waals surface area contributed by atoms with Gasteiger partial charge in [-0.3, -0.25) is 4.90 Å². The zero-order chi connectivity index (χ0) is 12.3. The van der Waals surface area contributed by atoms with Crippen molar-refractivity contribution in [3.8, 4) is 0 Å². The maximum atomic E-state index is 4.16. The molecule has 0 radical (unpaired) electrons. The highest BCUT2D eigenvalue weighted by molar-refractivity contribution is 4.91. The van der Waals surface area contributed by atoms with Crippen LogP contribution in [0.25, 0.3) is 0 Å². The Morgan fingerprint density at radius 3 is 3.00 bits per heavy atom. The molecule has 0 bridgehead atoms. The van der Waals surface area contributed by atoms with Crippen LogP contribution in [0.5, 0.6) is 0 Å². The van der Waals surface area contributed by atoms with Gasteiger partial charge in [0, 0.05) is 25.7 Å². The van der Waals surface area contributed by atoms with Crippen LogP contribution in [0, 0.1) is 5.92 Å². The number of nitrogens with zero attached hydrogens (tertiary/aromatic N) is 4. The van der Waals surface area contributed by atoms with Crippen molar-refractivity contribution >= 4 is 0 Å². The summed E-state index contributed by atoms with van der Waals surface area (Å²) in [6.45, 7) is 8.70. The number of rotatable bonds is 5. The van der Waals surface area contributed by atoms with E-state index >= 15 is 0 Å². The molecule has 0 aliphatic carbocycles. The summed E-state index contributed by atoms with van der Waals surface area (Å²) in [4.78, 5) is 2.47.